The summed E-state index contributed by atoms with van der Waals surface area (Å²) in [7, 11) is 0. The maximum Gasteiger partial charge on any atom is 0.254 e. The molecule has 1 saturated carbocycles. The summed E-state index contributed by atoms with van der Waals surface area (Å²) in [5, 5.41) is 2.86. The first-order valence-corrected chi connectivity index (χ1v) is 9.07. The van der Waals surface area contributed by atoms with E-state index in [1.165, 1.54) is 17.3 Å². The summed E-state index contributed by atoms with van der Waals surface area (Å²) in [5.74, 6) is -0.644. The van der Waals surface area contributed by atoms with Gasteiger partial charge in [-0.25, -0.2) is 14.4 Å². The number of halogens is 3. The minimum Gasteiger partial charge on any atom is -0.328 e. The zero-order valence-electron chi connectivity index (χ0n) is 13.4. The Morgan fingerprint density at radius 1 is 1.42 bits per heavy atom. The van der Waals surface area contributed by atoms with Gasteiger partial charge in [-0.2, -0.15) is 0 Å². The molecule has 1 spiro atoms. The third kappa shape index (κ3) is 2.97. The summed E-state index contributed by atoms with van der Waals surface area (Å²) in [6.45, 7) is -0.0276. The Labute approximate surface area is 161 Å². The number of hydrogen-bond acceptors (Lipinski definition) is 4. The van der Waals surface area contributed by atoms with Crippen LogP contribution < -0.4 is 5.32 Å². The summed E-state index contributed by atoms with van der Waals surface area (Å²) >= 11 is 9.08. The van der Waals surface area contributed by atoms with Crippen molar-refractivity contribution in [1.29, 1.82) is 0 Å². The van der Waals surface area contributed by atoms with Gasteiger partial charge in [-0.1, -0.05) is 27.5 Å². The van der Waals surface area contributed by atoms with Crippen LogP contribution in [0.15, 0.2) is 35.1 Å². The monoisotopic (exact) mass is 438 g/mol. The number of carbonyl (C=O) groups excluding carboxylic acids is 2. The molecule has 26 heavy (non-hydrogen) atoms. The van der Waals surface area contributed by atoms with Crippen molar-refractivity contribution in [3.05, 3.63) is 51.2 Å². The zero-order valence-corrected chi connectivity index (χ0v) is 15.7. The van der Waals surface area contributed by atoms with E-state index in [4.69, 9.17) is 11.6 Å². The van der Waals surface area contributed by atoms with Crippen molar-refractivity contribution >= 4 is 45.3 Å². The van der Waals surface area contributed by atoms with Gasteiger partial charge < -0.3 is 4.90 Å². The number of alkyl halides is 1. The van der Waals surface area contributed by atoms with E-state index in [2.05, 4.69) is 31.2 Å². The molecule has 4 rings (SSSR count). The SMILES string of the molecule is O=C(CN1C[C@]2(C[C@@H]2F)c2cc(Br)ccc2C1=O)Nc1ncc(Cl)cn1. The Morgan fingerprint density at radius 2 is 2.12 bits per heavy atom. The van der Waals surface area contributed by atoms with Gasteiger partial charge in [0.05, 0.1) is 17.4 Å². The molecule has 9 heteroatoms. The second kappa shape index (κ2) is 6.28. The van der Waals surface area contributed by atoms with Crippen LogP contribution in [0, 0.1) is 0 Å². The second-order valence-electron chi connectivity index (χ2n) is 6.45. The van der Waals surface area contributed by atoms with Crippen LogP contribution in [-0.4, -0.2) is 45.9 Å². The van der Waals surface area contributed by atoms with Gasteiger partial charge in [0.1, 0.15) is 12.7 Å². The van der Waals surface area contributed by atoms with E-state index < -0.39 is 17.5 Å². The molecule has 0 saturated heterocycles. The van der Waals surface area contributed by atoms with E-state index in [1.54, 1.807) is 18.2 Å². The Kier molecular flexibility index (Phi) is 4.19. The minimum absolute atomic E-state index is 0.0951. The number of carbonyl (C=O) groups is 2. The fourth-order valence-electron chi connectivity index (χ4n) is 3.33. The van der Waals surface area contributed by atoms with E-state index in [-0.39, 0.29) is 24.9 Å². The number of amides is 2. The molecular weight excluding hydrogens is 427 g/mol. The largest absolute Gasteiger partial charge is 0.328 e. The van der Waals surface area contributed by atoms with Crippen LogP contribution in [0.2, 0.25) is 5.02 Å². The fraction of sp³-hybridized carbons (Fsp3) is 0.294. The number of rotatable bonds is 3. The van der Waals surface area contributed by atoms with Gasteiger partial charge in [0.25, 0.3) is 5.91 Å². The highest BCUT2D eigenvalue weighted by molar-refractivity contribution is 9.10. The van der Waals surface area contributed by atoms with Crippen molar-refractivity contribution in [2.45, 2.75) is 18.0 Å². The molecule has 2 amide bonds. The minimum atomic E-state index is -1.02. The fourth-order valence-corrected chi connectivity index (χ4v) is 3.79. The van der Waals surface area contributed by atoms with Gasteiger partial charge >= 0.3 is 0 Å². The van der Waals surface area contributed by atoms with Gasteiger partial charge in [0.2, 0.25) is 11.9 Å². The van der Waals surface area contributed by atoms with Gasteiger partial charge in [-0.15, -0.1) is 0 Å². The zero-order chi connectivity index (χ0) is 18.5. The van der Waals surface area contributed by atoms with Crippen molar-refractivity contribution in [2.75, 3.05) is 18.4 Å². The average Bonchev–Trinajstić information content (AvgIpc) is 3.25. The van der Waals surface area contributed by atoms with Crippen molar-refractivity contribution in [1.82, 2.24) is 14.9 Å². The Balaban J connectivity index is 1.54. The molecule has 1 aliphatic carbocycles. The molecule has 2 aromatic rings. The highest BCUT2D eigenvalue weighted by Crippen LogP contribution is 2.54. The number of anilines is 1. The third-order valence-electron chi connectivity index (χ3n) is 4.70. The highest BCUT2D eigenvalue weighted by Gasteiger charge is 2.61. The molecule has 1 aromatic heterocycles. The molecule has 1 fully saturated rings. The Morgan fingerprint density at radius 3 is 2.77 bits per heavy atom. The average molecular weight is 440 g/mol. The lowest BCUT2D eigenvalue weighted by molar-refractivity contribution is -0.117. The quantitative estimate of drug-likeness (QED) is 0.798. The van der Waals surface area contributed by atoms with Crippen LogP contribution in [0.3, 0.4) is 0 Å². The molecule has 1 N–H and O–H groups in total. The maximum atomic E-state index is 14.2. The molecule has 2 atom stereocenters. The van der Waals surface area contributed by atoms with Crippen molar-refractivity contribution < 1.29 is 14.0 Å². The molecule has 0 unspecified atom stereocenters. The number of nitrogens with one attached hydrogen (secondary N) is 1. The van der Waals surface area contributed by atoms with Crippen LogP contribution in [0.1, 0.15) is 22.3 Å². The van der Waals surface area contributed by atoms with Crippen molar-refractivity contribution in [3.8, 4) is 0 Å². The lowest BCUT2D eigenvalue weighted by Gasteiger charge is -2.34. The second-order valence-corrected chi connectivity index (χ2v) is 7.80. The molecule has 2 aliphatic rings. The van der Waals surface area contributed by atoms with E-state index in [0.29, 0.717) is 22.6 Å². The molecule has 1 aliphatic heterocycles. The van der Waals surface area contributed by atoms with Crippen LogP contribution >= 0.6 is 27.5 Å². The number of aromatic nitrogens is 2. The highest BCUT2D eigenvalue weighted by atomic mass is 79.9. The van der Waals surface area contributed by atoms with Gasteiger partial charge in [-0.3, -0.25) is 14.9 Å². The third-order valence-corrected chi connectivity index (χ3v) is 5.39. The van der Waals surface area contributed by atoms with Gasteiger partial charge in [0, 0.05) is 22.0 Å². The summed E-state index contributed by atoms with van der Waals surface area (Å²) in [6.07, 6.45) is 2.05. The number of fused-ring (bicyclic) bond motifs is 2. The first kappa shape index (κ1) is 17.4. The standard InChI is InChI=1S/C17H13BrClFN4O2/c18-9-1-2-11-12(3-9)17(4-13(17)20)8-24(15(11)26)7-14(25)23-16-21-5-10(19)6-22-16/h1-3,5-6,13H,4,7-8H2,(H,21,22,23,25)/t13-,17+/m0/s1. The Hall–Kier alpha value is -2.06. The van der Waals surface area contributed by atoms with E-state index in [9.17, 15) is 14.0 Å². The van der Waals surface area contributed by atoms with Crippen LogP contribution in [-0.2, 0) is 10.2 Å². The predicted molar refractivity (Wildman–Crippen MR) is 96.9 cm³/mol. The molecule has 0 radical (unpaired) electrons. The maximum absolute atomic E-state index is 14.2. The smallest absolute Gasteiger partial charge is 0.254 e. The summed E-state index contributed by atoms with van der Waals surface area (Å²) in [5.41, 5.74) is 0.432. The number of nitrogens with zero attached hydrogens (tertiary/aromatic N) is 3. The van der Waals surface area contributed by atoms with Gasteiger partial charge in [0.15, 0.2) is 0 Å². The lowest BCUT2D eigenvalue weighted by Crippen LogP contribution is -2.47. The Bertz CT molecular complexity index is 910. The predicted octanol–water partition coefficient (Wildman–Crippen LogP) is 2.97. The van der Waals surface area contributed by atoms with Crippen molar-refractivity contribution in [2.24, 2.45) is 0 Å². The van der Waals surface area contributed by atoms with Crippen LogP contribution in [0.25, 0.3) is 0 Å². The van der Waals surface area contributed by atoms with E-state index >= 15 is 0 Å². The number of benzene rings is 1. The molecule has 2 heterocycles. The summed E-state index contributed by atoms with van der Waals surface area (Å²) < 4.78 is 15.0. The van der Waals surface area contributed by atoms with Crippen LogP contribution in [0.4, 0.5) is 10.3 Å². The van der Waals surface area contributed by atoms with Crippen LogP contribution in [0.5, 0.6) is 0 Å². The lowest BCUT2D eigenvalue weighted by atomic mass is 9.86. The molecule has 6 nitrogen and oxygen atoms in total. The normalized spacial score (nSPS) is 23.7. The molecule has 134 valence electrons. The van der Waals surface area contributed by atoms with Crippen molar-refractivity contribution in [3.63, 3.8) is 0 Å². The topological polar surface area (TPSA) is 75.2 Å². The van der Waals surface area contributed by atoms with E-state index in [0.717, 1.165) is 4.47 Å². The van der Waals surface area contributed by atoms with Gasteiger partial charge in [-0.05, 0) is 30.2 Å². The first-order chi connectivity index (χ1) is 12.4. The summed E-state index contributed by atoms with van der Waals surface area (Å²) in [4.78, 5) is 34.2. The number of hydrogen-bond donors (Lipinski definition) is 1. The van der Waals surface area contributed by atoms with E-state index in [1.807, 2.05) is 0 Å². The molecule has 1 aromatic carbocycles. The summed E-state index contributed by atoms with van der Waals surface area (Å²) in [6, 6.07) is 5.21. The molecule has 0 bridgehead atoms. The first-order valence-electron chi connectivity index (χ1n) is 7.90. The molecular formula is C17H13BrClFN4O2.